The normalized spacial score (nSPS) is 11.3. The van der Waals surface area contributed by atoms with Gasteiger partial charge in [-0.1, -0.05) is 65.4 Å². The molecule has 0 radical (unpaired) electrons. The summed E-state index contributed by atoms with van der Waals surface area (Å²) in [7, 11) is 0. The number of benzene rings is 3. The molecule has 36 heavy (non-hydrogen) atoms. The summed E-state index contributed by atoms with van der Waals surface area (Å²) in [5, 5.41) is 12.2. The van der Waals surface area contributed by atoms with E-state index >= 15 is 0 Å². The van der Waals surface area contributed by atoms with Crippen molar-refractivity contribution in [2.45, 2.75) is 26.3 Å². The fourth-order valence-electron chi connectivity index (χ4n) is 3.57. The molecule has 5 nitrogen and oxygen atoms in total. The molecule has 0 aliphatic carbocycles. The van der Waals surface area contributed by atoms with Gasteiger partial charge in [-0.15, -0.1) is 0 Å². The average molecular weight is 482 g/mol. The highest BCUT2D eigenvalue weighted by atomic mass is 19.1. The van der Waals surface area contributed by atoms with Gasteiger partial charge in [-0.05, 0) is 55.8 Å². The van der Waals surface area contributed by atoms with Crippen LogP contribution in [0.25, 0.3) is 11.3 Å². The van der Waals surface area contributed by atoms with Crippen LogP contribution in [-0.4, -0.2) is 23.0 Å². The molecule has 3 aromatic carbocycles. The second kappa shape index (κ2) is 10.7. The van der Waals surface area contributed by atoms with Crippen molar-refractivity contribution in [3.8, 4) is 23.2 Å². The van der Waals surface area contributed by atoms with Gasteiger partial charge in [0.05, 0.1) is 5.56 Å². The number of carbonyl (C=O) groups excluding carboxylic acids is 1. The van der Waals surface area contributed by atoms with Gasteiger partial charge in [-0.25, -0.2) is 9.18 Å². The van der Waals surface area contributed by atoms with Gasteiger partial charge in [0.25, 0.3) is 5.91 Å². The summed E-state index contributed by atoms with van der Waals surface area (Å²) in [5.41, 5.74) is 4.41. The number of amides is 1. The molecule has 1 unspecified atom stereocenters. The standard InChI is InChI=1S/C30H24FNO4/c1-19-3-7-21(8-4-19)9-13-24-17-22(10-14-25(24)31)18-26(30(34)35)32-29(33)28-16-15-27(36-28)23-11-5-20(2)6-12-23/h3-8,10-12,14-17,26H,18H2,1-2H3,(H,32,33)(H,34,35). The van der Waals surface area contributed by atoms with E-state index in [1.807, 2.05) is 62.4 Å². The van der Waals surface area contributed by atoms with E-state index in [1.54, 1.807) is 6.07 Å². The molecule has 1 atom stereocenters. The van der Waals surface area contributed by atoms with Crippen molar-refractivity contribution in [2.24, 2.45) is 0 Å². The molecule has 0 saturated carbocycles. The highest BCUT2D eigenvalue weighted by Gasteiger charge is 2.23. The summed E-state index contributed by atoms with van der Waals surface area (Å²) in [6, 6.07) is 21.3. The maximum absolute atomic E-state index is 14.3. The lowest BCUT2D eigenvalue weighted by atomic mass is 10.0. The highest BCUT2D eigenvalue weighted by Crippen LogP contribution is 2.23. The number of aliphatic carboxylic acids is 1. The Morgan fingerprint density at radius 3 is 2.25 bits per heavy atom. The molecule has 0 aliphatic rings. The first-order valence-corrected chi connectivity index (χ1v) is 11.4. The topological polar surface area (TPSA) is 79.5 Å². The zero-order valence-corrected chi connectivity index (χ0v) is 19.8. The van der Waals surface area contributed by atoms with Crippen molar-refractivity contribution < 1.29 is 23.5 Å². The molecule has 6 heteroatoms. The van der Waals surface area contributed by atoms with Crippen molar-refractivity contribution in [2.75, 3.05) is 0 Å². The van der Waals surface area contributed by atoms with Gasteiger partial charge in [0, 0.05) is 17.5 Å². The molecular weight excluding hydrogens is 457 g/mol. The molecule has 1 heterocycles. The second-order valence-electron chi connectivity index (χ2n) is 8.53. The van der Waals surface area contributed by atoms with Crippen LogP contribution in [-0.2, 0) is 11.2 Å². The Bertz CT molecular complexity index is 1460. The SMILES string of the molecule is Cc1ccc(C#Cc2cc(CC(NC(=O)c3ccc(-c4ccc(C)cc4)o3)C(=O)O)ccc2F)cc1. The molecule has 1 aromatic heterocycles. The second-order valence-corrected chi connectivity index (χ2v) is 8.53. The molecule has 0 bridgehead atoms. The van der Waals surface area contributed by atoms with Gasteiger partial charge in [0.2, 0.25) is 0 Å². The third kappa shape index (κ3) is 6.08. The smallest absolute Gasteiger partial charge is 0.326 e. The summed E-state index contributed by atoms with van der Waals surface area (Å²) >= 11 is 0. The van der Waals surface area contributed by atoms with Crippen LogP contribution in [0.4, 0.5) is 4.39 Å². The van der Waals surface area contributed by atoms with E-state index in [9.17, 15) is 19.1 Å². The number of carboxylic acids is 1. The van der Waals surface area contributed by atoms with Crippen molar-refractivity contribution in [3.63, 3.8) is 0 Å². The lowest BCUT2D eigenvalue weighted by Gasteiger charge is -2.14. The monoisotopic (exact) mass is 481 g/mol. The van der Waals surface area contributed by atoms with Crippen LogP contribution in [0.3, 0.4) is 0 Å². The highest BCUT2D eigenvalue weighted by molar-refractivity contribution is 5.94. The molecular formula is C30H24FNO4. The van der Waals surface area contributed by atoms with Gasteiger partial charge >= 0.3 is 5.97 Å². The van der Waals surface area contributed by atoms with Crippen molar-refractivity contribution in [1.82, 2.24) is 5.32 Å². The number of aryl methyl sites for hydroxylation is 2. The van der Waals surface area contributed by atoms with Crippen LogP contribution in [0.2, 0.25) is 0 Å². The third-order valence-corrected chi connectivity index (χ3v) is 5.63. The molecule has 4 aromatic rings. The number of nitrogens with one attached hydrogen (secondary N) is 1. The average Bonchev–Trinajstić information content (AvgIpc) is 3.36. The Labute approximate surface area is 208 Å². The zero-order chi connectivity index (χ0) is 25.7. The summed E-state index contributed by atoms with van der Waals surface area (Å²) < 4.78 is 20.0. The largest absolute Gasteiger partial charge is 0.480 e. The third-order valence-electron chi connectivity index (χ3n) is 5.63. The minimum absolute atomic E-state index is 0.000541. The Morgan fingerprint density at radius 2 is 1.58 bits per heavy atom. The van der Waals surface area contributed by atoms with E-state index in [-0.39, 0.29) is 17.7 Å². The molecule has 4 rings (SSSR count). The van der Waals surface area contributed by atoms with Gasteiger partial charge in [-0.2, -0.15) is 0 Å². The lowest BCUT2D eigenvalue weighted by molar-refractivity contribution is -0.139. The van der Waals surface area contributed by atoms with Gasteiger partial charge < -0.3 is 14.8 Å². The molecule has 180 valence electrons. The van der Waals surface area contributed by atoms with Crippen LogP contribution in [0.15, 0.2) is 83.3 Å². The molecule has 0 fully saturated rings. The summed E-state index contributed by atoms with van der Waals surface area (Å²) in [4.78, 5) is 24.6. The van der Waals surface area contributed by atoms with Crippen molar-refractivity contribution in [1.29, 1.82) is 0 Å². The summed E-state index contributed by atoms with van der Waals surface area (Å²) in [6.45, 7) is 3.93. The fraction of sp³-hybridized carbons (Fsp3) is 0.133. The molecule has 1 amide bonds. The number of carbonyl (C=O) groups is 2. The minimum Gasteiger partial charge on any atom is -0.480 e. The van der Waals surface area contributed by atoms with Gasteiger partial charge in [0.15, 0.2) is 5.76 Å². The van der Waals surface area contributed by atoms with Gasteiger partial charge in [0.1, 0.15) is 17.6 Å². The number of hydrogen-bond acceptors (Lipinski definition) is 3. The number of halogens is 1. The predicted octanol–water partition coefficient (Wildman–Crippen LogP) is 5.53. The molecule has 0 aliphatic heterocycles. The van der Waals surface area contributed by atoms with Crippen molar-refractivity contribution in [3.05, 3.63) is 118 Å². The van der Waals surface area contributed by atoms with Crippen molar-refractivity contribution >= 4 is 11.9 Å². The van der Waals surface area contributed by atoms with E-state index in [1.165, 1.54) is 24.3 Å². The Morgan fingerprint density at radius 1 is 0.917 bits per heavy atom. The number of hydrogen-bond donors (Lipinski definition) is 2. The predicted molar refractivity (Wildman–Crippen MR) is 135 cm³/mol. The Kier molecular flexibility index (Phi) is 7.31. The first-order chi connectivity index (χ1) is 17.3. The number of rotatable bonds is 6. The minimum atomic E-state index is -1.24. The maximum Gasteiger partial charge on any atom is 0.326 e. The van der Waals surface area contributed by atoms with E-state index in [2.05, 4.69) is 17.2 Å². The van der Waals surface area contributed by atoms with Crippen LogP contribution >= 0.6 is 0 Å². The fourth-order valence-corrected chi connectivity index (χ4v) is 3.57. The van der Waals surface area contributed by atoms with Crippen LogP contribution < -0.4 is 5.32 Å². The summed E-state index contributed by atoms with van der Waals surface area (Å²) in [5.74, 6) is 3.85. The van der Waals surface area contributed by atoms with E-state index < -0.39 is 23.7 Å². The van der Waals surface area contributed by atoms with E-state index in [4.69, 9.17) is 4.42 Å². The molecule has 0 spiro atoms. The number of furan rings is 1. The van der Waals surface area contributed by atoms with Crippen LogP contribution in [0.5, 0.6) is 0 Å². The first kappa shape index (κ1) is 24.5. The Hall–Kier alpha value is -4.63. The maximum atomic E-state index is 14.3. The quantitative estimate of drug-likeness (QED) is 0.355. The van der Waals surface area contributed by atoms with E-state index in [0.29, 0.717) is 11.3 Å². The van der Waals surface area contributed by atoms with Crippen LogP contribution in [0.1, 0.15) is 38.4 Å². The lowest BCUT2D eigenvalue weighted by Crippen LogP contribution is -2.42. The molecule has 0 saturated heterocycles. The zero-order valence-electron chi connectivity index (χ0n) is 19.8. The van der Waals surface area contributed by atoms with Crippen LogP contribution in [0, 0.1) is 31.5 Å². The van der Waals surface area contributed by atoms with Gasteiger partial charge in [-0.3, -0.25) is 4.79 Å². The number of carboxylic acid groups (broad SMARTS) is 1. The van der Waals surface area contributed by atoms with E-state index in [0.717, 1.165) is 22.3 Å². The molecule has 2 N–H and O–H groups in total. The Balaban J connectivity index is 1.48. The summed E-state index contributed by atoms with van der Waals surface area (Å²) in [6.07, 6.45) is -0.0495. The first-order valence-electron chi connectivity index (χ1n) is 11.4.